The molecule has 0 spiro atoms. The van der Waals surface area contributed by atoms with Crippen molar-refractivity contribution in [3.05, 3.63) is 52.3 Å². The SMILES string of the molecule is CC(C)(C)N1CCC(c2c[nH]c3ccc(NC(=O)c4cccs4)cc23)CC1. The van der Waals surface area contributed by atoms with Gasteiger partial charge >= 0.3 is 0 Å². The molecule has 5 heteroatoms. The predicted octanol–water partition coefficient (Wildman–Crippen LogP) is 5.46. The summed E-state index contributed by atoms with van der Waals surface area (Å²) in [6.07, 6.45) is 4.51. The molecule has 27 heavy (non-hydrogen) atoms. The van der Waals surface area contributed by atoms with Crippen molar-refractivity contribution in [2.75, 3.05) is 18.4 Å². The predicted molar refractivity (Wildman–Crippen MR) is 114 cm³/mol. The number of carbonyl (C=O) groups is 1. The van der Waals surface area contributed by atoms with Crippen LogP contribution >= 0.6 is 11.3 Å². The number of benzene rings is 1. The highest BCUT2D eigenvalue weighted by atomic mass is 32.1. The first-order chi connectivity index (χ1) is 12.9. The monoisotopic (exact) mass is 381 g/mol. The second-order valence-electron chi connectivity index (χ2n) is 8.37. The number of thiophene rings is 1. The van der Waals surface area contributed by atoms with Gasteiger partial charge in [0, 0.05) is 28.3 Å². The molecule has 3 heterocycles. The molecule has 0 aliphatic carbocycles. The van der Waals surface area contributed by atoms with E-state index in [1.807, 2.05) is 23.6 Å². The number of carbonyl (C=O) groups excluding carboxylic acids is 1. The molecule has 0 atom stereocenters. The summed E-state index contributed by atoms with van der Waals surface area (Å²) in [5.41, 5.74) is 3.61. The molecule has 0 bridgehead atoms. The second kappa shape index (κ2) is 7.13. The molecule has 0 saturated carbocycles. The number of aromatic amines is 1. The summed E-state index contributed by atoms with van der Waals surface area (Å²) < 4.78 is 0. The van der Waals surface area contributed by atoms with Crippen molar-refractivity contribution >= 4 is 33.8 Å². The number of anilines is 1. The highest BCUT2D eigenvalue weighted by Gasteiger charge is 2.28. The topological polar surface area (TPSA) is 48.1 Å². The number of nitrogens with zero attached hydrogens (tertiary/aromatic N) is 1. The Labute approximate surface area is 164 Å². The van der Waals surface area contributed by atoms with Gasteiger partial charge < -0.3 is 10.3 Å². The molecule has 4 nitrogen and oxygen atoms in total. The van der Waals surface area contributed by atoms with Crippen LogP contribution in [-0.2, 0) is 0 Å². The second-order valence-corrected chi connectivity index (χ2v) is 9.32. The van der Waals surface area contributed by atoms with E-state index >= 15 is 0 Å². The molecule has 142 valence electrons. The number of fused-ring (bicyclic) bond motifs is 1. The number of hydrogen-bond donors (Lipinski definition) is 2. The van der Waals surface area contributed by atoms with Crippen LogP contribution in [0.3, 0.4) is 0 Å². The van der Waals surface area contributed by atoms with Crippen LogP contribution in [0.2, 0.25) is 0 Å². The lowest BCUT2D eigenvalue weighted by atomic mass is 9.87. The number of likely N-dealkylation sites (tertiary alicyclic amines) is 1. The average Bonchev–Trinajstić information content (AvgIpc) is 3.31. The maximum Gasteiger partial charge on any atom is 0.265 e. The van der Waals surface area contributed by atoms with Gasteiger partial charge in [-0.15, -0.1) is 11.3 Å². The molecule has 0 unspecified atom stereocenters. The fourth-order valence-corrected chi connectivity index (χ4v) is 4.64. The molecule has 1 fully saturated rings. The van der Waals surface area contributed by atoms with E-state index < -0.39 is 0 Å². The van der Waals surface area contributed by atoms with E-state index in [1.165, 1.54) is 35.1 Å². The van der Waals surface area contributed by atoms with Crippen LogP contribution in [0.1, 0.15) is 54.8 Å². The van der Waals surface area contributed by atoms with Crippen molar-refractivity contribution in [2.24, 2.45) is 0 Å². The van der Waals surface area contributed by atoms with Gasteiger partial charge in [0.2, 0.25) is 0 Å². The van der Waals surface area contributed by atoms with Crippen LogP contribution in [0, 0.1) is 0 Å². The number of amides is 1. The first-order valence-corrected chi connectivity index (χ1v) is 10.5. The largest absolute Gasteiger partial charge is 0.361 e. The summed E-state index contributed by atoms with van der Waals surface area (Å²) >= 11 is 1.46. The first-order valence-electron chi connectivity index (χ1n) is 9.63. The number of nitrogens with one attached hydrogen (secondary N) is 2. The van der Waals surface area contributed by atoms with Gasteiger partial charge in [-0.3, -0.25) is 9.69 Å². The van der Waals surface area contributed by atoms with E-state index in [2.05, 4.69) is 54.3 Å². The Kier molecular flexibility index (Phi) is 4.82. The number of H-pyrrole nitrogens is 1. The van der Waals surface area contributed by atoms with E-state index in [1.54, 1.807) is 0 Å². The lowest BCUT2D eigenvalue weighted by Gasteiger charge is -2.40. The Morgan fingerprint density at radius 2 is 2.00 bits per heavy atom. The number of piperidine rings is 1. The summed E-state index contributed by atoms with van der Waals surface area (Å²) in [5.74, 6) is 0.528. The molecular formula is C22H27N3OS. The highest BCUT2D eigenvalue weighted by molar-refractivity contribution is 7.12. The van der Waals surface area contributed by atoms with Crippen LogP contribution in [0.4, 0.5) is 5.69 Å². The quantitative estimate of drug-likeness (QED) is 0.633. The normalized spacial score (nSPS) is 16.7. The molecule has 1 saturated heterocycles. The fourth-order valence-electron chi connectivity index (χ4n) is 4.02. The Morgan fingerprint density at radius 3 is 2.67 bits per heavy atom. The minimum absolute atomic E-state index is 0.0417. The van der Waals surface area contributed by atoms with Gasteiger partial charge in [0.15, 0.2) is 0 Å². The van der Waals surface area contributed by atoms with Crippen LogP contribution in [-0.4, -0.2) is 34.4 Å². The van der Waals surface area contributed by atoms with E-state index in [9.17, 15) is 4.79 Å². The molecular weight excluding hydrogens is 354 g/mol. The van der Waals surface area contributed by atoms with Crippen LogP contribution in [0.5, 0.6) is 0 Å². The molecule has 4 rings (SSSR count). The van der Waals surface area contributed by atoms with Gasteiger partial charge in [-0.25, -0.2) is 0 Å². The number of hydrogen-bond acceptors (Lipinski definition) is 3. The van der Waals surface area contributed by atoms with Crippen LogP contribution in [0.15, 0.2) is 41.9 Å². The zero-order valence-corrected chi connectivity index (χ0v) is 17.0. The Balaban J connectivity index is 1.53. The summed E-state index contributed by atoms with van der Waals surface area (Å²) in [5, 5.41) is 6.19. The van der Waals surface area contributed by atoms with E-state index in [-0.39, 0.29) is 11.4 Å². The molecule has 1 aromatic carbocycles. The fraction of sp³-hybridized carbons (Fsp3) is 0.409. The Bertz CT molecular complexity index is 928. The minimum Gasteiger partial charge on any atom is -0.361 e. The molecule has 1 aliphatic heterocycles. The van der Waals surface area contributed by atoms with Crippen LogP contribution < -0.4 is 5.32 Å². The van der Waals surface area contributed by atoms with Gasteiger partial charge in [0.25, 0.3) is 5.91 Å². The summed E-state index contributed by atoms with van der Waals surface area (Å²) in [6, 6.07) is 9.90. The minimum atomic E-state index is -0.0417. The highest BCUT2D eigenvalue weighted by Crippen LogP contribution is 2.35. The third kappa shape index (κ3) is 3.80. The standard InChI is InChI=1S/C22H27N3OS/c1-22(2,3)25-10-8-15(9-11-25)18-14-23-19-7-6-16(13-17(18)19)24-21(26)20-5-4-12-27-20/h4-7,12-15,23H,8-11H2,1-3H3,(H,24,26). The average molecular weight is 382 g/mol. The van der Waals surface area contributed by atoms with Gasteiger partial charge in [-0.05, 0) is 87.8 Å². The van der Waals surface area contributed by atoms with Crippen molar-refractivity contribution in [3.8, 4) is 0 Å². The summed E-state index contributed by atoms with van der Waals surface area (Å²) in [6.45, 7) is 9.15. The smallest absolute Gasteiger partial charge is 0.265 e. The van der Waals surface area contributed by atoms with E-state index in [0.717, 1.165) is 29.2 Å². The zero-order valence-electron chi connectivity index (χ0n) is 16.2. The van der Waals surface area contributed by atoms with Gasteiger partial charge in [0.05, 0.1) is 4.88 Å². The molecule has 0 radical (unpaired) electrons. The van der Waals surface area contributed by atoms with E-state index in [0.29, 0.717) is 5.92 Å². The summed E-state index contributed by atoms with van der Waals surface area (Å²) in [4.78, 5) is 19.1. The third-order valence-electron chi connectivity index (χ3n) is 5.60. The van der Waals surface area contributed by atoms with Crippen molar-refractivity contribution < 1.29 is 4.79 Å². The van der Waals surface area contributed by atoms with Gasteiger partial charge in [-0.1, -0.05) is 6.07 Å². The van der Waals surface area contributed by atoms with Gasteiger partial charge in [0.1, 0.15) is 0 Å². The van der Waals surface area contributed by atoms with Crippen molar-refractivity contribution in [1.29, 1.82) is 0 Å². The zero-order chi connectivity index (χ0) is 19.0. The molecule has 1 amide bonds. The lowest BCUT2D eigenvalue weighted by Crippen LogP contribution is -2.45. The van der Waals surface area contributed by atoms with Crippen molar-refractivity contribution in [3.63, 3.8) is 0 Å². The molecule has 2 aromatic heterocycles. The molecule has 1 aliphatic rings. The molecule has 3 aromatic rings. The van der Waals surface area contributed by atoms with E-state index in [4.69, 9.17) is 0 Å². The maximum atomic E-state index is 12.4. The first kappa shape index (κ1) is 18.3. The Hall–Kier alpha value is -2.11. The van der Waals surface area contributed by atoms with Crippen LogP contribution in [0.25, 0.3) is 10.9 Å². The Morgan fingerprint density at radius 1 is 1.22 bits per heavy atom. The lowest BCUT2D eigenvalue weighted by molar-refractivity contribution is 0.102. The number of rotatable bonds is 3. The van der Waals surface area contributed by atoms with Crippen molar-refractivity contribution in [2.45, 2.75) is 45.1 Å². The van der Waals surface area contributed by atoms with Crippen molar-refractivity contribution in [1.82, 2.24) is 9.88 Å². The molecule has 2 N–H and O–H groups in total. The maximum absolute atomic E-state index is 12.4. The number of aromatic nitrogens is 1. The summed E-state index contributed by atoms with van der Waals surface area (Å²) in [7, 11) is 0. The van der Waals surface area contributed by atoms with Gasteiger partial charge in [-0.2, -0.15) is 0 Å². The third-order valence-corrected chi connectivity index (χ3v) is 6.47.